The van der Waals surface area contributed by atoms with E-state index in [1.54, 1.807) is 16.7 Å². The average Bonchev–Trinajstić information content (AvgIpc) is 3.34. The summed E-state index contributed by atoms with van der Waals surface area (Å²) in [5.74, 6) is 0.999. The topological polar surface area (TPSA) is 78.5 Å². The molecule has 4 rings (SSSR count). The molecule has 0 aliphatic heterocycles. The highest BCUT2D eigenvalue weighted by atomic mass is 32.2. The van der Waals surface area contributed by atoms with Crippen molar-refractivity contribution in [1.82, 2.24) is 29.8 Å². The van der Waals surface area contributed by atoms with E-state index in [0.717, 1.165) is 41.2 Å². The van der Waals surface area contributed by atoms with Crippen LogP contribution in [0.4, 0.5) is 4.39 Å². The number of tetrazole rings is 1. The molecule has 4 aromatic rings. The van der Waals surface area contributed by atoms with Crippen molar-refractivity contribution >= 4 is 33.3 Å². The molecular weight excluding hydrogens is 435 g/mol. The minimum Gasteiger partial charge on any atom is -0.287 e. The fourth-order valence-corrected chi connectivity index (χ4v) is 5.55. The summed E-state index contributed by atoms with van der Waals surface area (Å²) < 4.78 is 16.9. The molecule has 31 heavy (non-hydrogen) atoms. The van der Waals surface area contributed by atoms with Crippen molar-refractivity contribution in [1.29, 1.82) is 0 Å². The highest BCUT2D eigenvalue weighted by molar-refractivity contribution is 7.98. The van der Waals surface area contributed by atoms with E-state index in [1.807, 2.05) is 18.5 Å². The SMILES string of the molecule is CCCCn1nnnc1CSc1nc2sc(C)c(-c3ccc(F)cc3)c2c(=O)n1CC. The third kappa shape index (κ3) is 4.27. The van der Waals surface area contributed by atoms with Gasteiger partial charge < -0.3 is 0 Å². The van der Waals surface area contributed by atoms with Gasteiger partial charge in [-0.1, -0.05) is 37.2 Å². The van der Waals surface area contributed by atoms with Crippen LogP contribution >= 0.6 is 23.1 Å². The molecule has 162 valence electrons. The second kappa shape index (κ2) is 9.27. The lowest BCUT2D eigenvalue weighted by Crippen LogP contribution is -2.22. The summed E-state index contributed by atoms with van der Waals surface area (Å²) in [6.07, 6.45) is 2.07. The molecule has 0 unspecified atom stereocenters. The summed E-state index contributed by atoms with van der Waals surface area (Å²) in [6, 6.07) is 6.24. The molecule has 0 N–H and O–H groups in total. The van der Waals surface area contributed by atoms with Gasteiger partial charge in [0.25, 0.3) is 5.56 Å². The van der Waals surface area contributed by atoms with Gasteiger partial charge in [-0.25, -0.2) is 14.1 Å². The second-order valence-electron chi connectivity index (χ2n) is 7.12. The first-order chi connectivity index (χ1) is 15.0. The van der Waals surface area contributed by atoms with Crippen LogP contribution in [0, 0.1) is 12.7 Å². The predicted octanol–water partition coefficient (Wildman–Crippen LogP) is 4.67. The van der Waals surface area contributed by atoms with Gasteiger partial charge in [0.05, 0.1) is 11.1 Å². The second-order valence-corrected chi connectivity index (χ2v) is 9.27. The lowest BCUT2D eigenvalue weighted by molar-refractivity contribution is 0.540. The van der Waals surface area contributed by atoms with Crippen LogP contribution in [0.2, 0.25) is 0 Å². The third-order valence-electron chi connectivity index (χ3n) is 5.06. The third-order valence-corrected chi connectivity index (χ3v) is 7.03. The average molecular weight is 459 g/mol. The summed E-state index contributed by atoms with van der Waals surface area (Å²) >= 11 is 2.95. The van der Waals surface area contributed by atoms with Crippen LogP contribution in [0.25, 0.3) is 21.3 Å². The van der Waals surface area contributed by atoms with Crippen molar-refractivity contribution < 1.29 is 4.39 Å². The van der Waals surface area contributed by atoms with Crippen LogP contribution in [0.1, 0.15) is 37.4 Å². The zero-order chi connectivity index (χ0) is 22.0. The molecule has 0 bridgehead atoms. The number of thiophene rings is 1. The molecule has 0 radical (unpaired) electrons. The summed E-state index contributed by atoms with van der Waals surface area (Å²) in [6.45, 7) is 7.30. The van der Waals surface area contributed by atoms with Crippen molar-refractivity contribution in [3.05, 3.63) is 51.1 Å². The molecule has 0 spiro atoms. The van der Waals surface area contributed by atoms with Crippen LogP contribution in [0.15, 0.2) is 34.2 Å². The van der Waals surface area contributed by atoms with Gasteiger partial charge in [-0.05, 0) is 48.4 Å². The molecule has 0 aliphatic rings. The first-order valence-corrected chi connectivity index (χ1v) is 12.0. The van der Waals surface area contributed by atoms with E-state index in [0.29, 0.717) is 27.7 Å². The molecule has 0 amide bonds. The molecular formula is C21H23FN6OS2. The number of halogens is 1. The maximum atomic E-state index is 13.4. The molecule has 0 aliphatic carbocycles. The number of aryl methyl sites for hydroxylation is 2. The number of thioether (sulfide) groups is 1. The largest absolute Gasteiger partial charge is 0.287 e. The number of fused-ring (bicyclic) bond motifs is 1. The zero-order valence-corrected chi connectivity index (χ0v) is 19.3. The molecule has 3 heterocycles. The van der Waals surface area contributed by atoms with Crippen molar-refractivity contribution in [2.24, 2.45) is 0 Å². The van der Waals surface area contributed by atoms with Gasteiger partial charge in [0.2, 0.25) is 0 Å². The van der Waals surface area contributed by atoms with Crippen LogP contribution in [-0.2, 0) is 18.8 Å². The van der Waals surface area contributed by atoms with Crippen molar-refractivity contribution in [3.8, 4) is 11.1 Å². The summed E-state index contributed by atoms with van der Waals surface area (Å²) in [5.41, 5.74) is 1.58. The Hall–Kier alpha value is -2.59. The summed E-state index contributed by atoms with van der Waals surface area (Å²) in [4.78, 5) is 19.9. The van der Waals surface area contributed by atoms with Crippen LogP contribution in [0.3, 0.4) is 0 Å². The van der Waals surface area contributed by atoms with Crippen LogP contribution in [-0.4, -0.2) is 29.8 Å². The fraction of sp³-hybridized carbons (Fsp3) is 0.381. The first-order valence-electron chi connectivity index (χ1n) is 10.2. The fourth-order valence-electron chi connectivity index (χ4n) is 3.47. The lowest BCUT2D eigenvalue weighted by atomic mass is 10.0. The number of nitrogens with zero attached hydrogens (tertiary/aromatic N) is 6. The Morgan fingerprint density at radius 2 is 1.97 bits per heavy atom. The van der Waals surface area contributed by atoms with Crippen LogP contribution in [0.5, 0.6) is 0 Å². The minimum absolute atomic E-state index is 0.0794. The molecule has 3 aromatic heterocycles. The minimum atomic E-state index is -0.301. The van der Waals surface area contributed by atoms with Gasteiger partial charge in [0.1, 0.15) is 10.6 Å². The Bertz CT molecular complexity index is 1260. The van der Waals surface area contributed by atoms with Crippen molar-refractivity contribution in [2.75, 3.05) is 0 Å². The Balaban J connectivity index is 1.72. The maximum absolute atomic E-state index is 13.4. The van der Waals surface area contributed by atoms with E-state index in [9.17, 15) is 9.18 Å². The van der Waals surface area contributed by atoms with E-state index in [4.69, 9.17) is 4.98 Å². The van der Waals surface area contributed by atoms with E-state index in [1.165, 1.54) is 35.2 Å². The van der Waals surface area contributed by atoms with E-state index in [2.05, 4.69) is 22.4 Å². The Kier molecular flexibility index (Phi) is 6.47. The Morgan fingerprint density at radius 1 is 1.19 bits per heavy atom. The highest BCUT2D eigenvalue weighted by Gasteiger charge is 2.20. The van der Waals surface area contributed by atoms with Crippen molar-refractivity contribution in [2.45, 2.75) is 57.6 Å². The van der Waals surface area contributed by atoms with E-state index < -0.39 is 0 Å². The van der Waals surface area contributed by atoms with Gasteiger partial charge in [0, 0.05) is 23.5 Å². The predicted molar refractivity (Wildman–Crippen MR) is 122 cm³/mol. The van der Waals surface area contributed by atoms with Gasteiger partial charge in [-0.3, -0.25) is 9.36 Å². The maximum Gasteiger partial charge on any atom is 0.263 e. The molecule has 0 fully saturated rings. The van der Waals surface area contributed by atoms with Gasteiger partial charge in [-0.2, -0.15) is 0 Å². The van der Waals surface area contributed by atoms with Crippen molar-refractivity contribution in [3.63, 3.8) is 0 Å². The normalized spacial score (nSPS) is 11.5. The van der Waals surface area contributed by atoms with E-state index in [-0.39, 0.29) is 11.4 Å². The number of hydrogen-bond donors (Lipinski definition) is 0. The molecule has 0 saturated heterocycles. The molecule has 1 aromatic carbocycles. The quantitative estimate of drug-likeness (QED) is 0.282. The smallest absolute Gasteiger partial charge is 0.263 e. The van der Waals surface area contributed by atoms with Gasteiger partial charge in [-0.15, -0.1) is 16.4 Å². The van der Waals surface area contributed by atoms with Gasteiger partial charge >= 0.3 is 0 Å². The summed E-state index contributed by atoms with van der Waals surface area (Å²) in [7, 11) is 0. The Labute approximate surface area is 187 Å². The highest BCUT2D eigenvalue weighted by Crippen LogP contribution is 2.36. The summed E-state index contributed by atoms with van der Waals surface area (Å²) in [5, 5.41) is 13.2. The molecule has 0 atom stereocenters. The first kappa shape index (κ1) is 21.6. The number of aromatic nitrogens is 6. The molecule has 10 heteroatoms. The zero-order valence-electron chi connectivity index (χ0n) is 17.6. The standard InChI is InChI=1S/C21H23FN6OS2/c1-4-6-11-28-16(24-25-26-28)12-30-21-23-19-18(20(29)27(21)5-2)17(13(3)31-19)14-7-9-15(22)10-8-14/h7-10H,4-6,11-12H2,1-3H3. The monoisotopic (exact) mass is 458 g/mol. The number of hydrogen-bond acceptors (Lipinski definition) is 7. The number of rotatable bonds is 8. The molecule has 7 nitrogen and oxygen atoms in total. The Morgan fingerprint density at radius 3 is 2.68 bits per heavy atom. The van der Waals surface area contributed by atoms with Gasteiger partial charge in [0.15, 0.2) is 11.0 Å². The lowest BCUT2D eigenvalue weighted by Gasteiger charge is -2.10. The van der Waals surface area contributed by atoms with E-state index >= 15 is 0 Å². The number of benzene rings is 1. The van der Waals surface area contributed by atoms with Crippen LogP contribution < -0.4 is 5.56 Å². The molecule has 0 saturated carbocycles. The number of unbranched alkanes of at least 4 members (excludes halogenated alkanes) is 1.